The molecule has 2 fully saturated rings. The third-order valence-corrected chi connectivity index (χ3v) is 5.23. The number of likely N-dealkylation sites (tertiary alicyclic amines) is 1. The molecule has 2 aliphatic heterocycles. The second-order valence-electron chi connectivity index (χ2n) is 7.09. The first-order valence-corrected chi connectivity index (χ1v) is 8.97. The first-order valence-electron chi connectivity index (χ1n) is 8.97. The monoisotopic (exact) mass is 329 g/mol. The minimum Gasteiger partial charge on any atom is -0.342 e. The van der Waals surface area contributed by atoms with Gasteiger partial charge in [-0.1, -0.05) is 12.1 Å². The molecule has 2 N–H and O–H groups in total. The zero-order chi connectivity index (χ0) is 17.1. The van der Waals surface area contributed by atoms with Crippen LogP contribution in [0.15, 0.2) is 24.3 Å². The van der Waals surface area contributed by atoms with Crippen LogP contribution in [0.4, 0.5) is 5.69 Å². The van der Waals surface area contributed by atoms with E-state index in [-0.39, 0.29) is 17.9 Å². The lowest BCUT2D eigenvalue weighted by Gasteiger charge is -2.34. The third kappa shape index (κ3) is 3.78. The highest BCUT2D eigenvalue weighted by Crippen LogP contribution is 2.23. The Morgan fingerprint density at radius 2 is 2.00 bits per heavy atom. The maximum Gasteiger partial charge on any atom is 0.227 e. The fourth-order valence-electron chi connectivity index (χ4n) is 3.67. The number of carbonyl (C=O) groups excluding carboxylic acids is 2. The standard InChI is InChI=1S/C19H27N3O2/c1-14(20)16-4-2-10-21(13-16)19(24)12-15-6-8-17(9-7-15)22-11-3-5-18(22)23/h6-9,14,16H,2-5,10-13,20H2,1H3/t14-,16+/m1/s1. The van der Waals surface area contributed by atoms with E-state index in [1.165, 1.54) is 0 Å². The summed E-state index contributed by atoms with van der Waals surface area (Å²) in [5, 5.41) is 0. The summed E-state index contributed by atoms with van der Waals surface area (Å²) in [5.74, 6) is 0.769. The predicted molar refractivity (Wildman–Crippen MR) is 94.7 cm³/mol. The van der Waals surface area contributed by atoms with Crippen LogP contribution in [0.25, 0.3) is 0 Å². The van der Waals surface area contributed by atoms with Crippen LogP contribution in [0.2, 0.25) is 0 Å². The van der Waals surface area contributed by atoms with Crippen molar-refractivity contribution in [3.8, 4) is 0 Å². The Balaban J connectivity index is 1.59. The van der Waals surface area contributed by atoms with E-state index < -0.39 is 0 Å². The molecule has 2 heterocycles. The van der Waals surface area contributed by atoms with Gasteiger partial charge in [0.05, 0.1) is 6.42 Å². The minimum absolute atomic E-state index is 0.137. The average Bonchev–Trinajstić information content (AvgIpc) is 3.01. The van der Waals surface area contributed by atoms with Crippen molar-refractivity contribution in [1.29, 1.82) is 0 Å². The molecule has 5 heteroatoms. The number of hydrogen-bond donors (Lipinski definition) is 1. The number of nitrogens with zero attached hydrogens (tertiary/aromatic N) is 2. The number of benzene rings is 1. The van der Waals surface area contributed by atoms with Gasteiger partial charge in [-0.15, -0.1) is 0 Å². The van der Waals surface area contributed by atoms with Crippen molar-refractivity contribution >= 4 is 17.5 Å². The quantitative estimate of drug-likeness (QED) is 0.918. The summed E-state index contributed by atoms with van der Waals surface area (Å²) in [7, 11) is 0. The van der Waals surface area contributed by atoms with E-state index in [0.717, 1.165) is 50.1 Å². The molecule has 2 amide bonds. The molecule has 3 rings (SSSR count). The lowest BCUT2D eigenvalue weighted by molar-refractivity contribution is -0.132. The second-order valence-corrected chi connectivity index (χ2v) is 7.09. The highest BCUT2D eigenvalue weighted by molar-refractivity contribution is 5.95. The van der Waals surface area contributed by atoms with Crippen molar-refractivity contribution < 1.29 is 9.59 Å². The molecule has 24 heavy (non-hydrogen) atoms. The molecule has 0 spiro atoms. The second kappa shape index (κ2) is 7.34. The first-order chi connectivity index (χ1) is 11.5. The normalized spacial score (nSPS) is 22.8. The van der Waals surface area contributed by atoms with E-state index in [2.05, 4.69) is 0 Å². The topological polar surface area (TPSA) is 66.6 Å². The van der Waals surface area contributed by atoms with Gasteiger partial charge in [0.15, 0.2) is 0 Å². The van der Waals surface area contributed by atoms with Crippen LogP contribution in [0, 0.1) is 5.92 Å². The Kier molecular flexibility index (Phi) is 5.19. The molecule has 0 aliphatic carbocycles. The van der Waals surface area contributed by atoms with Gasteiger partial charge in [-0.2, -0.15) is 0 Å². The summed E-state index contributed by atoms with van der Waals surface area (Å²) >= 11 is 0. The van der Waals surface area contributed by atoms with Crippen molar-refractivity contribution in [1.82, 2.24) is 4.90 Å². The summed E-state index contributed by atoms with van der Waals surface area (Å²) in [6, 6.07) is 7.97. The smallest absolute Gasteiger partial charge is 0.227 e. The molecule has 0 unspecified atom stereocenters. The van der Waals surface area contributed by atoms with Crippen molar-refractivity contribution in [2.45, 2.75) is 45.1 Å². The van der Waals surface area contributed by atoms with Crippen molar-refractivity contribution in [2.75, 3.05) is 24.5 Å². The van der Waals surface area contributed by atoms with Crippen LogP contribution >= 0.6 is 0 Å². The molecule has 0 radical (unpaired) electrons. The van der Waals surface area contributed by atoms with Crippen LogP contribution < -0.4 is 10.6 Å². The van der Waals surface area contributed by atoms with Gasteiger partial charge in [0.25, 0.3) is 0 Å². The molecule has 2 saturated heterocycles. The van der Waals surface area contributed by atoms with Gasteiger partial charge in [0.2, 0.25) is 11.8 Å². The Bertz CT molecular complexity index is 597. The Labute approximate surface area is 143 Å². The Morgan fingerprint density at radius 1 is 1.25 bits per heavy atom. The van der Waals surface area contributed by atoms with Gasteiger partial charge in [-0.3, -0.25) is 9.59 Å². The molecule has 1 aromatic carbocycles. The number of nitrogens with two attached hydrogens (primary N) is 1. The van der Waals surface area contributed by atoms with Crippen LogP contribution in [-0.4, -0.2) is 42.4 Å². The van der Waals surface area contributed by atoms with Crippen LogP contribution in [0.3, 0.4) is 0 Å². The van der Waals surface area contributed by atoms with Gasteiger partial charge < -0.3 is 15.5 Å². The molecule has 0 saturated carbocycles. The van der Waals surface area contributed by atoms with E-state index in [1.807, 2.05) is 41.0 Å². The molecule has 2 aliphatic rings. The summed E-state index contributed by atoms with van der Waals surface area (Å²) < 4.78 is 0. The summed E-state index contributed by atoms with van der Waals surface area (Å²) in [6.07, 6.45) is 4.12. The number of carbonyl (C=O) groups is 2. The average molecular weight is 329 g/mol. The molecule has 5 nitrogen and oxygen atoms in total. The SMILES string of the molecule is C[C@@H](N)[C@H]1CCCN(C(=O)Cc2ccc(N3CCCC3=O)cc2)C1. The number of anilines is 1. The number of amides is 2. The van der Waals surface area contributed by atoms with Crippen LogP contribution in [-0.2, 0) is 16.0 Å². The fraction of sp³-hybridized carbons (Fsp3) is 0.579. The van der Waals surface area contributed by atoms with Gasteiger partial charge in [-0.05, 0) is 49.8 Å². The van der Waals surface area contributed by atoms with Gasteiger partial charge >= 0.3 is 0 Å². The van der Waals surface area contributed by atoms with Gasteiger partial charge in [0, 0.05) is 37.8 Å². The van der Waals surface area contributed by atoms with E-state index in [4.69, 9.17) is 5.73 Å². The fourth-order valence-corrected chi connectivity index (χ4v) is 3.67. The lowest BCUT2D eigenvalue weighted by Crippen LogP contribution is -2.45. The number of rotatable bonds is 4. The minimum atomic E-state index is 0.137. The molecular weight excluding hydrogens is 302 g/mol. The first kappa shape index (κ1) is 17.0. The zero-order valence-electron chi connectivity index (χ0n) is 14.4. The molecule has 130 valence electrons. The van der Waals surface area contributed by atoms with Crippen molar-refractivity contribution in [3.05, 3.63) is 29.8 Å². The zero-order valence-corrected chi connectivity index (χ0v) is 14.4. The van der Waals surface area contributed by atoms with E-state index >= 15 is 0 Å². The Hall–Kier alpha value is -1.88. The van der Waals surface area contributed by atoms with Crippen molar-refractivity contribution in [2.24, 2.45) is 11.7 Å². The maximum atomic E-state index is 12.5. The summed E-state index contributed by atoms with van der Waals surface area (Å²) in [5.41, 5.74) is 7.93. The van der Waals surface area contributed by atoms with Crippen LogP contribution in [0.5, 0.6) is 0 Å². The third-order valence-electron chi connectivity index (χ3n) is 5.23. The molecular formula is C19H27N3O2. The van der Waals surface area contributed by atoms with Crippen LogP contribution in [0.1, 0.15) is 38.2 Å². The highest BCUT2D eigenvalue weighted by atomic mass is 16.2. The molecule has 2 atom stereocenters. The van der Waals surface area contributed by atoms with Gasteiger partial charge in [-0.25, -0.2) is 0 Å². The molecule has 0 aromatic heterocycles. The number of hydrogen-bond acceptors (Lipinski definition) is 3. The number of piperidine rings is 1. The Morgan fingerprint density at radius 3 is 2.62 bits per heavy atom. The molecule has 1 aromatic rings. The summed E-state index contributed by atoms with van der Waals surface area (Å²) in [6.45, 7) is 4.43. The largest absolute Gasteiger partial charge is 0.342 e. The highest BCUT2D eigenvalue weighted by Gasteiger charge is 2.26. The molecule has 0 bridgehead atoms. The van der Waals surface area contributed by atoms with Crippen molar-refractivity contribution in [3.63, 3.8) is 0 Å². The van der Waals surface area contributed by atoms with E-state index in [0.29, 0.717) is 18.8 Å². The predicted octanol–water partition coefficient (Wildman–Crippen LogP) is 1.94. The van der Waals surface area contributed by atoms with E-state index in [1.54, 1.807) is 0 Å². The van der Waals surface area contributed by atoms with E-state index in [9.17, 15) is 9.59 Å². The maximum absolute atomic E-state index is 12.5. The van der Waals surface area contributed by atoms with Gasteiger partial charge in [0.1, 0.15) is 0 Å². The lowest BCUT2D eigenvalue weighted by atomic mass is 9.92. The summed E-state index contributed by atoms with van der Waals surface area (Å²) in [4.78, 5) is 28.1.